The summed E-state index contributed by atoms with van der Waals surface area (Å²) in [6.07, 6.45) is 8.26. The van der Waals surface area contributed by atoms with Crippen LogP contribution in [-0.4, -0.2) is 74.3 Å². The number of benzene rings is 4. The molecule has 0 saturated carbocycles. The van der Waals surface area contributed by atoms with Gasteiger partial charge in [0, 0.05) is 35.0 Å². The van der Waals surface area contributed by atoms with Gasteiger partial charge in [-0.2, -0.15) is 10.5 Å². The molecule has 376 valence electrons. The van der Waals surface area contributed by atoms with E-state index in [1.54, 1.807) is 30.5 Å². The van der Waals surface area contributed by atoms with Crippen molar-refractivity contribution in [2.75, 3.05) is 46.9 Å². The summed E-state index contributed by atoms with van der Waals surface area (Å²) in [4.78, 5) is 16.8. The molecule has 3 atom stereocenters. The summed E-state index contributed by atoms with van der Waals surface area (Å²) in [6.45, 7) is 4.50. The average Bonchev–Trinajstić information content (AvgIpc) is 3.74. The maximum atomic E-state index is 11.9. The zero-order valence-corrected chi connectivity index (χ0v) is 44.0. The van der Waals surface area contributed by atoms with Gasteiger partial charge in [-0.3, -0.25) is 9.44 Å². The number of fused-ring (bicyclic) bond motifs is 1. The Balaban J connectivity index is 1.26. The first-order chi connectivity index (χ1) is 34.2. The van der Waals surface area contributed by atoms with Crippen LogP contribution >= 0.6 is 46.4 Å². The van der Waals surface area contributed by atoms with Gasteiger partial charge in [0.1, 0.15) is 49.6 Å². The Kier molecular flexibility index (Phi) is 17.0. The number of nitriles is 2. The summed E-state index contributed by atoms with van der Waals surface area (Å²) in [7, 11) is -7.15. The molecule has 72 heavy (non-hydrogen) atoms. The average molecular weight is 1090 g/mol. The molecule has 0 radical (unpaired) electrons. The topological polar surface area (TPSA) is 228 Å². The number of aromatic nitrogens is 4. The number of hydrogen-bond acceptors (Lipinski definition) is 14. The van der Waals surface area contributed by atoms with Crippen molar-refractivity contribution in [2.45, 2.75) is 63.1 Å². The molecule has 6 aromatic rings. The van der Waals surface area contributed by atoms with Gasteiger partial charge < -0.3 is 18.9 Å². The number of sulfonamides is 2. The van der Waals surface area contributed by atoms with Crippen LogP contribution in [0.5, 0.6) is 23.0 Å². The predicted octanol–water partition coefficient (Wildman–Crippen LogP) is 10.0. The summed E-state index contributed by atoms with van der Waals surface area (Å²) < 4.78 is 75.9. The first-order valence-corrected chi connectivity index (χ1v) is 27.8. The van der Waals surface area contributed by atoms with Crippen molar-refractivity contribution in [1.29, 1.82) is 10.5 Å². The lowest BCUT2D eigenvalue weighted by atomic mass is 9.65. The van der Waals surface area contributed by atoms with Crippen LogP contribution in [0.2, 0.25) is 10.0 Å². The molecular weight excluding hydrogens is 1050 g/mol. The minimum absolute atomic E-state index is 0.0354. The Morgan fingerprint density at radius 2 is 1.14 bits per heavy atom. The van der Waals surface area contributed by atoms with Gasteiger partial charge in [-0.05, 0) is 102 Å². The highest BCUT2D eigenvalue weighted by atomic mass is 35.5. The largest absolute Gasteiger partial charge is 0.489 e. The van der Waals surface area contributed by atoms with Crippen molar-refractivity contribution < 1.29 is 35.8 Å². The third-order valence-electron chi connectivity index (χ3n) is 12.2. The molecule has 0 bridgehead atoms. The van der Waals surface area contributed by atoms with Crippen molar-refractivity contribution in [3.63, 3.8) is 0 Å². The molecule has 2 heterocycles. The quantitative estimate of drug-likeness (QED) is 0.0603. The Morgan fingerprint density at radius 3 is 1.61 bits per heavy atom. The van der Waals surface area contributed by atoms with E-state index in [9.17, 15) is 27.4 Å². The number of ether oxygens (including phenoxy) is 4. The second-order valence-corrected chi connectivity index (χ2v) is 22.4. The summed E-state index contributed by atoms with van der Waals surface area (Å²) in [5.41, 5.74) is 3.96. The zero-order chi connectivity index (χ0) is 51.8. The number of rotatable bonds is 22. The molecular formula is C50H48Cl4N8O8S2. The predicted molar refractivity (Wildman–Crippen MR) is 277 cm³/mol. The van der Waals surface area contributed by atoms with Gasteiger partial charge in [-0.25, -0.2) is 36.8 Å². The number of alkyl halides is 2. The molecule has 0 amide bonds. The molecule has 16 nitrogen and oxygen atoms in total. The fourth-order valence-corrected chi connectivity index (χ4v) is 9.99. The lowest BCUT2D eigenvalue weighted by Crippen LogP contribution is -2.31. The van der Waals surface area contributed by atoms with Crippen LogP contribution < -0.4 is 28.4 Å². The zero-order valence-electron chi connectivity index (χ0n) is 39.4. The molecule has 22 heteroatoms. The van der Waals surface area contributed by atoms with Crippen LogP contribution in [0.25, 0.3) is 0 Å². The van der Waals surface area contributed by atoms with Gasteiger partial charge in [-0.15, -0.1) is 23.2 Å². The van der Waals surface area contributed by atoms with Gasteiger partial charge in [-0.1, -0.05) is 61.3 Å². The van der Waals surface area contributed by atoms with Gasteiger partial charge in [0.15, 0.2) is 11.5 Å². The maximum Gasteiger partial charge on any atom is 0.236 e. The highest BCUT2D eigenvalue weighted by Crippen LogP contribution is 2.48. The molecule has 0 aliphatic heterocycles. The summed E-state index contributed by atoms with van der Waals surface area (Å²) in [5.74, 6) is 1.80. The van der Waals surface area contributed by atoms with Crippen molar-refractivity contribution in [1.82, 2.24) is 19.9 Å². The second-order valence-electron chi connectivity index (χ2n) is 17.4. The van der Waals surface area contributed by atoms with E-state index in [1.807, 2.05) is 48.5 Å². The first kappa shape index (κ1) is 53.7. The Morgan fingerprint density at radius 1 is 0.667 bits per heavy atom. The first-order valence-electron chi connectivity index (χ1n) is 22.2. The van der Waals surface area contributed by atoms with Crippen LogP contribution in [0.3, 0.4) is 0 Å². The van der Waals surface area contributed by atoms with E-state index in [4.69, 9.17) is 65.4 Å². The van der Waals surface area contributed by atoms with Crippen molar-refractivity contribution in [3.05, 3.63) is 152 Å². The van der Waals surface area contributed by atoms with Crippen LogP contribution in [-0.2, 0) is 43.9 Å². The Hall–Kier alpha value is -6.12. The Labute approximate surface area is 438 Å². The number of halogens is 4. The van der Waals surface area contributed by atoms with Crippen LogP contribution in [0.4, 0.5) is 11.9 Å². The van der Waals surface area contributed by atoms with Gasteiger partial charge in [0.05, 0.1) is 51.1 Å². The fraction of sp³-hybridized carbons (Fsp3) is 0.320. The number of aryl methyl sites for hydroxylation is 1. The fourth-order valence-electron chi connectivity index (χ4n) is 8.42. The second kappa shape index (κ2) is 22.7. The van der Waals surface area contributed by atoms with E-state index in [1.165, 1.54) is 12.4 Å². The number of hydrogen-bond donors (Lipinski definition) is 2. The molecule has 7 rings (SSSR count). The minimum atomic E-state index is -3.60. The highest BCUT2D eigenvalue weighted by Gasteiger charge is 2.38. The SMILES string of the molecule is CC(CCC(C)(c1ccc(OC2CCc3cnc(NS(C)(=O)=O)nc32)cc1)c1cc(Cl)c(OCCCl)c(C#N)c1)(c1ccc(OCc2cnc(NS(C)(=O)=O)nc2)cc1)c1cc(Cl)c(OCCCl)c(C#N)c1. The van der Waals surface area contributed by atoms with Gasteiger partial charge in [0.25, 0.3) is 0 Å². The molecule has 4 aromatic carbocycles. The van der Waals surface area contributed by atoms with Gasteiger partial charge >= 0.3 is 0 Å². The van der Waals surface area contributed by atoms with E-state index in [0.29, 0.717) is 48.4 Å². The van der Waals surface area contributed by atoms with Crippen molar-refractivity contribution in [2.24, 2.45) is 0 Å². The summed E-state index contributed by atoms with van der Waals surface area (Å²) >= 11 is 25.8. The summed E-state index contributed by atoms with van der Waals surface area (Å²) in [5, 5.41) is 21.3. The number of nitrogens with zero attached hydrogens (tertiary/aromatic N) is 6. The van der Waals surface area contributed by atoms with E-state index in [-0.39, 0.29) is 76.1 Å². The lowest BCUT2D eigenvalue weighted by Gasteiger charge is -2.38. The lowest BCUT2D eigenvalue weighted by molar-refractivity contribution is 0.203. The number of nitrogens with one attached hydrogen (secondary N) is 2. The smallest absolute Gasteiger partial charge is 0.236 e. The normalized spacial score (nSPS) is 14.9. The third kappa shape index (κ3) is 12.9. The highest BCUT2D eigenvalue weighted by molar-refractivity contribution is 7.92. The summed E-state index contributed by atoms with van der Waals surface area (Å²) in [6, 6.07) is 26.8. The van der Waals surface area contributed by atoms with Crippen molar-refractivity contribution in [3.8, 4) is 35.1 Å². The standard InChI is InChI=1S/C50H48Cl4N8O8S2/c1-49(37-21-33(25-55)45(41(53)23-37)67-19-17-51,35-6-10-39(11-7-35)69-30-31-27-57-47(58-28-31)61-71(3,63)64)15-16-50(2,38-22-34(26-56)46(42(54)24-38)68-20-18-52)36-8-12-40(13-9-36)70-43-14-5-32-29-59-48(60-44(32)43)62-72(4,65)66/h6-13,21-24,27-29,43H,5,14-20,30H2,1-4H3,(H,57,58,61)(H,59,60,62). The number of anilines is 2. The van der Waals surface area contributed by atoms with Crippen molar-refractivity contribution >= 4 is 78.3 Å². The Bertz CT molecular complexity index is 3250. The van der Waals surface area contributed by atoms with E-state index in [2.05, 4.69) is 55.4 Å². The van der Waals surface area contributed by atoms with Crippen LogP contribution in [0, 0.1) is 22.7 Å². The van der Waals surface area contributed by atoms with Gasteiger partial charge in [0.2, 0.25) is 31.9 Å². The van der Waals surface area contributed by atoms with E-state index in [0.717, 1.165) is 40.3 Å². The molecule has 1 aliphatic rings. The van der Waals surface area contributed by atoms with Crippen LogP contribution in [0.1, 0.15) is 89.4 Å². The van der Waals surface area contributed by atoms with Crippen LogP contribution in [0.15, 0.2) is 91.4 Å². The third-order valence-corrected chi connectivity index (χ3v) is 14.2. The maximum absolute atomic E-state index is 11.9. The van der Waals surface area contributed by atoms with E-state index >= 15 is 0 Å². The monoisotopic (exact) mass is 1090 g/mol. The molecule has 2 N–H and O–H groups in total. The molecule has 0 spiro atoms. The molecule has 0 saturated heterocycles. The molecule has 1 aliphatic carbocycles. The molecule has 3 unspecified atom stereocenters. The minimum Gasteiger partial charge on any atom is -0.489 e. The molecule has 2 aromatic heterocycles. The molecule has 0 fully saturated rings. The van der Waals surface area contributed by atoms with E-state index < -0.39 is 37.0 Å².